The van der Waals surface area contributed by atoms with Crippen LogP contribution in [-0.2, 0) is 20.8 Å². The van der Waals surface area contributed by atoms with Crippen LogP contribution in [0.15, 0.2) is 30.3 Å². The lowest BCUT2D eigenvalue weighted by Crippen LogP contribution is -2.63. The van der Waals surface area contributed by atoms with Crippen molar-refractivity contribution in [3.8, 4) is 0 Å². The number of hydrogen-bond donors (Lipinski definition) is 1. The van der Waals surface area contributed by atoms with E-state index in [-0.39, 0.29) is 12.1 Å². The highest BCUT2D eigenvalue weighted by molar-refractivity contribution is 5.82. The predicted molar refractivity (Wildman–Crippen MR) is 77.3 cm³/mol. The molecule has 1 aliphatic rings. The van der Waals surface area contributed by atoms with Crippen molar-refractivity contribution in [2.45, 2.75) is 44.9 Å². The number of carbonyl (C=O) groups excluding carboxylic acids is 1. The van der Waals surface area contributed by atoms with Gasteiger partial charge in [-0.3, -0.25) is 10.1 Å². The predicted octanol–water partition coefficient (Wildman–Crippen LogP) is 2.28. The van der Waals surface area contributed by atoms with Gasteiger partial charge in [-0.25, -0.2) is 0 Å². The topological polar surface area (TPSA) is 47.6 Å². The molecule has 0 radical (unpaired) electrons. The van der Waals surface area contributed by atoms with Crippen LogP contribution in [0.3, 0.4) is 0 Å². The van der Waals surface area contributed by atoms with Crippen molar-refractivity contribution in [1.29, 1.82) is 0 Å². The summed E-state index contributed by atoms with van der Waals surface area (Å²) >= 11 is 0. The molecule has 1 aromatic rings. The molecule has 2 rings (SSSR count). The van der Waals surface area contributed by atoms with Gasteiger partial charge in [0.05, 0.1) is 12.7 Å². The van der Waals surface area contributed by atoms with Crippen molar-refractivity contribution in [1.82, 2.24) is 5.32 Å². The van der Waals surface area contributed by atoms with Crippen LogP contribution in [-0.4, -0.2) is 30.8 Å². The van der Waals surface area contributed by atoms with Crippen LogP contribution in [0, 0.1) is 0 Å². The molecule has 4 heteroatoms. The van der Waals surface area contributed by atoms with E-state index >= 15 is 0 Å². The first-order chi connectivity index (χ1) is 9.70. The second-order valence-electron chi connectivity index (χ2n) is 5.13. The minimum atomic E-state index is -0.578. The molecule has 0 unspecified atom stereocenters. The molecule has 1 N–H and O–H groups in total. The van der Waals surface area contributed by atoms with Crippen LogP contribution in [0.1, 0.15) is 32.3 Å². The molecule has 0 saturated heterocycles. The van der Waals surface area contributed by atoms with Gasteiger partial charge in [0.1, 0.15) is 5.54 Å². The molecule has 4 nitrogen and oxygen atoms in total. The Hall–Kier alpha value is -1.39. The summed E-state index contributed by atoms with van der Waals surface area (Å²) in [6.45, 7) is 5.57. The molecule has 0 spiro atoms. The highest BCUT2D eigenvalue weighted by Gasteiger charge is 2.51. The maximum absolute atomic E-state index is 12.2. The molecule has 0 heterocycles. The normalized spacial score (nSPS) is 25.0. The lowest BCUT2D eigenvalue weighted by atomic mass is 9.74. The molecule has 1 saturated carbocycles. The van der Waals surface area contributed by atoms with Crippen molar-refractivity contribution in [2.24, 2.45) is 0 Å². The molecule has 0 atom stereocenters. The maximum Gasteiger partial charge on any atom is 0.326 e. The zero-order valence-corrected chi connectivity index (χ0v) is 12.2. The first-order valence-corrected chi connectivity index (χ1v) is 7.28. The second kappa shape index (κ2) is 6.86. The van der Waals surface area contributed by atoms with E-state index in [1.807, 2.05) is 44.2 Å². The summed E-state index contributed by atoms with van der Waals surface area (Å²) in [5.74, 6) is -0.160. The van der Waals surface area contributed by atoms with Gasteiger partial charge in [0.15, 0.2) is 0 Å². The fourth-order valence-corrected chi connectivity index (χ4v) is 2.59. The average molecular weight is 277 g/mol. The minimum absolute atomic E-state index is 0.160. The number of hydrogen-bond acceptors (Lipinski definition) is 4. The van der Waals surface area contributed by atoms with Crippen LogP contribution in [0.5, 0.6) is 0 Å². The summed E-state index contributed by atoms with van der Waals surface area (Å²) in [7, 11) is 0. The summed E-state index contributed by atoms with van der Waals surface area (Å²) < 4.78 is 10.8. The van der Waals surface area contributed by atoms with Gasteiger partial charge in [0.25, 0.3) is 0 Å². The van der Waals surface area contributed by atoms with Crippen LogP contribution in [0.25, 0.3) is 0 Å². The maximum atomic E-state index is 12.2. The Bertz CT molecular complexity index is 427. The van der Waals surface area contributed by atoms with Crippen LogP contribution in [0.2, 0.25) is 0 Å². The van der Waals surface area contributed by atoms with E-state index in [9.17, 15) is 4.79 Å². The highest BCUT2D eigenvalue weighted by atomic mass is 16.5. The first-order valence-electron chi connectivity index (χ1n) is 7.28. The summed E-state index contributed by atoms with van der Waals surface area (Å²) in [6.07, 6.45) is 1.53. The Morgan fingerprint density at radius 1 is 1.25 bits per heavy atom. The third kappa shape index (κ3) is 3.38. The largest absolute Gasteiger partial charge is 0.465 e. The molecule has 0 aromatic heterocycles. The third-order valence-corrected chi connectivity index (χ3v) is 3.69. The van der Waals surface area contributed by atoms with E-state index in [1.165, 1.54) is 0 Å². The van der Waals surface area contributed by atoms with Crippen LogP contribution >= 0.6 is 0 Å². The Morgan fingerprint density at radius 3 is 2.55 bits per heavy atom. The van der Waals surface area contributed by atoms with Gasteiger partial charge in [-0.2, -0.15) is 0 Å². The van der Waals surface area contributed by atoms with Gasteiger partial charge in [0.2, 0.25) is 0 Å². The molecule has 1 aliphatic carbocycles. The quantitative estimate of drug-likeness (QED) is 0.777. The van der Waals surface area contributed by atoms with E-state index in [0.29, 0.717) is 32.6 Å². The Balaban J connectivity index is 1.96. The van der Waals surface area contributed by atoms with Gasteiger partial charge < -0.3 is 9.47 Å². The van der Waals surface area contributed by atoms with Gasteiger partial charge in [-0.15, -0.1) is 0 Å². The number of nitrogens with one attached hydrogen (secondary N) is 1. The smallest absolute Gasteiger partial charge is 0.326 e. The standard InChI is InChI=1S/C16H23NO3/c1-3-19-14-10-16(11-14,15(18)20-4-2)17-12-13-8-6-5-7-9-13/h5-9,14,17H,3-4,10-12H2,1-2H3. The molecular weight excluding hydrogens is 254 g/mol. The second-order valence-corrected chi connectivity index (χ2v) is 5.13. The van der Waals surface area contributed by atoms with Gasteiger partial charge in [-0.05, 0) is 19.4 Å². The molecule has 1 fully saturated rings. The number of rotatable bonds is 7. The zero-order chi connectivity index (χ0) is 14.4. The third-order valence-electron chi connectivity index (χ3n) is 3.69. The number of carbonyl (C=O) groups is 1. The van der Waals surface area contributed by atoms with Crippen LogP contribution in [0.4, 0.5) is 0 Å². The highest BCUT2D eigenvalue weighted by Crippen LogP contribution is 2.36. The Kier molecular flexibility index (Phi) is 5.15. The monoisotopic (exact) mass is 277 g/mol. The lowest BCUT2D eigenvalue weighted by Gasteiger charge is -2.45. The van der Waals surface area contributed by atoms with Crippen molar-refractivity contribution in [3.05, 3.63) is 35.9 Å². The fraction of sp³-hybridized carbons (Fsp3) is 0.562. The summed E-state index contributed by atoms with van der Waals surface area (Å²) in [5, 5.41) is 3.37. The van der Waals surface area contributed by atoms with Gasteiger partial charge in [-0.1, -0.05) is 30.3 Å². The molecule has 0 aliphatic heterocycles. The Labute approximate surface area is 120 Å². The van der Waals surface area contributed by atoms with E-state index in [2.05, 4.69) is 5.32 Å². The molecule has 110 valence electrons. The van der Waals surface area contributed by atoms with E-state index in [4.69, 9.17) is 9.47 Å². The summed E-state index contributed by atoms with van der Waals surface area (Å²) in [4.78, 5) is 12.2. The molecular formula is C16H23NO3. The molecule has 1 aromatic carbocycles. The average Bonchev–Trinajstić information content (AvgIpc) is 2.42. The van der Waals surface area contributed by atoms with Crippen molar-refractivity contribution in [3.63, 3.8) is 0 Å². The first kappa shape index (κ1) is 15.0. The SMILES string of the molecule is CCOC(=O)C1(NCc2ccccc2)CC(OCC)C1. The Morgan fingerprint density at radius 2 is 1.95 bits per heavy atom. The molecule has 0 amide bonds. The van der Waals surface area contributed by atoms with Gasteiger partial charge in [0, 0.05) is 26.0 Å². The molecule has 20 heavy (non-hydrogen) atoms. The zero-order valence-electron chi connectivity index (χ0n) is 12.2. The van der Waals surface area contributed by atoms with Crippen molar-refractivity contribution >= 4 is 5.97 Å². The summed E-state index contributed by atoms with van der Waals surface area (Å²) in [5.41, 5.74) is 0.585. The molecule has 0 bridgehead atoms. The number of esters is 1. The van der Waals surface area contributed by atoms with Gasteiger partial charge >= 0.3 is 5.97 Å². The van der Waals surface area contributed by atoms with E-state index in [1.54, 1.807) is 0 Å². The van der Waals surface area contributed by atoms with Crippen molar-refractivity contribution < 1.29 is 14.3 Å². The number of ether oxygens (including phenoxy) is 2. The van der Waals surface area contributed by atoms with Crippen LogP contribution < -0.4 is 5.32 Å². The lowest BCUT2D eigenvalue weighted by molar-refractivity contribution is -0.164. The number of benzene rings is 1. The van der Waals surface area contributed by atoms with E-state index < -0.39 is 5.54 Å². The summed E-state index contributed by atoms with van der Waals surface area (Å²) in [6, 6.07) is 10.1. The fourth-order valence-electron chi connectivity index (χ4n) is 2.59. The van der Waals surface area contributed by atoms with Crippen molar-refractivity contribution in [2.75, 3.05) is 13.2 Å². The minimum Gasteiger partial charge on any atom is -0.465 e. The van der Waals surface area contributed by atoms with E-state index in [0.717, 1.165) is 5.56 Å².